The van der Waals surface area contributed by atoms with Gasteiger partial charge in [0.15, 0.2) is 0 Å². The maximum Gasteiger partial charge on any atom is 0.221 e. The van der Waals surface area contributed by atoms with Gasteiger partial charge in [-0.3, -0.25) is 4.79 Å². The number of nitrogens with one attached hydrogen (secondary N) is 2. The molecular formula is C12H17FN2O. The standard InChI is InChI=1S/C12H17FN2O/c1-3-14-12(16)4-5-15-11-7-9(2)6-10(13)8-11/h6-8,15H,3-5H2,1-2H3,(H,14,16). The molecule has 0 heterocycles. The van der Waals surface area contributed by atoms with Crippen molar-refractivity contribution in [1.82, 2.24) is 5.32 Å². The zero-order valence-electron chi connectivity index (χ0n) is 9.64. The molecule has 1 rings (SSSR count). The molecular weight excluding hydrogens is 207 g/mol. The first-order valence-corrected chi connectivity index (χ1v) is 5.39. The predicted octanol–water partition coefficient (Wildman–Crippen LogP) is 2.07. The Morgan fingerprint density at radius 1 is 1.38 bits per heavy atom. The number of hydrogen-bond acceptors (Lipinski definition) is 2. The summed E-state index contributed by atoms with van der Waals surface area (Å²) in [7, 11) is 0. The molecule has 1 aromatic carbocycles. The summed E-state index contributed by atoms with van der Waals surface area (Å²) in [5.41, 5.74) is 1.57. The van der Waals surface area contributed by atoms with E-state index < -0.39 is 0 Å². The second-order valence-corrected chi connectivity index (χ2v) is 3.65. The quantitative estimate of drug-likeness (QED) is 0.804. The second kappa shape index (κ2) is 6.10. The highest BCUT2D eigenvalue weighted by Crippen LogP contribution is 2.12. The van der Waals surface area contributed by atoms with E-state index in [2.05, 4.69) is 10.6 Å². The summed E-state index contributed by atoms with van der Waals surface area (Å²) in [4.78, 5) is 11.1. The van der Waals surface area contributed by atoms with Gasteiger partial charge in [-0.1, -0.05) is 0 Å². The lowest BCUT2D eigenvalue weighted by atomic mass is 10.2. The molecule has 0 aliphatic carbocycles. The normalized spacial score (nSPS) is 9.94. The summed E-state index contributed by atoms with van der Waals surface area (Å²) in [5.74, 6) is -0.261. The lowest BCUT2D eigenvalue weighted by Crippen LogP contribution is -2.24. The van der Waals surface area contributed by atoms with Crippen LogP contribution in [0.25, 0.3) is 0 Å². The van der Waals surface area contributed by atoms with Gasteiger partial charge in [0.1, 0.15) is 5.82 Å². The van der Waals surface area contributed by atoms with Crippen molar-refractivity contribution in [3.63, 3.8) is 0 Å². The van der Waals surface area contributed by atoms with Gasteiger partial charge in [0, 0.05) is 25.2 Å². The number of benzene rings is 1. The van der Waals surface area contributed by atoms with E-state index in [4.69, 9.17) is 0 Å². The molecule has 2 N–H and O–H groups in total. The zero-order valence-corrected chi connectivity index (χ0v) is 9.64. The monoisotopic (exact) mass is 224 g/mol. The van der Waals surface area contributed by atoms with Crippen LogP contribution in [0.2, 0.25) is 0 Å². The average molecular weight is 224 g/mol. The molecule has 0 saturated heterocycles. The molecule has 0 saturated carbocycles. The Balaban J connectivity index is 2.40. The van der Waals surface area contributed by atoms with Gasteiger partial charge < -0.3 is 10.6 Å². The zero-order chi connectivity index (χ0) is 12.0. The van der Waals surface area contributed by atoms with Gasteiger partial charge in [-0.25, -0.2) is 4.39 Å². The summed E-state index contributed by atoms with van der Waals surface area (Å²) in [5, 5.41) is 5.72. The molecule has 0 spiro atoms. The third-order valence-electron chi connectivity index (χ3n) is 2.10. The van der Waals surface area contributed by atoms with Crippen molar-refractivity contribution < 1.29 is 9.18 Å². The van der Waals surface area contributed by atoms with Crippen LogP contribution < -0.4 is 10.6 Å². The third kappa shape index (κ3) is 4.29. The smallest absolute Gasteiger partial charge is 0.221 e. The van der Waals surface area contributed by atoms with Gasteiger partial charge in [0.05, 0.1) is 0 Å². The largest absolute Gasteiger partial charge is 0.384 e. The second-order valence-electron chi connectivity index (χ2n) is 3.65. The first-order valence-electron chi connectivity index (χ1n) is 5.39. The number of halogens is 1. The minimum absolute atomic E-state index is 0.00289. The maximum atomic E-state index is 13.0. The molecule has 0 radical (unpaired) electrons. The average Bonchev–Trinajstić information content (AvgIpc) is 2.16. The number of amides is 1. The van der Waals surface area contributed by atoms with Crippen LogP contribution in [0.3, 0.4) is 0 Å². The molecule has 16 heavy (non-hydrogen) atoms. The molecule has 0 aromatic heterocycles. The summed E-state index contributed by atoms with van der Waals surface area (Å²) in [6.45, 7) is 4.85. The fraction of sp³-hybridized carbons (Fsp3) is 0.417. The van der Waals surface area contributed by atoms with Crippen LogP contribution >= 0.6 is 0 Å². The van der Waals surface area contributed by atoms with E-state index in [0.29, 0.717) is 25.2 Å². The molecule has 0 bridgehead atoms. The molecule has 0 aliphatic heterocycles. The summed E-state index contributed by atoms with van der Waals surface area (Å²) < 4.78 is 13.0. The topological polar surface area (TPSA) is 41.1 Å². The van der Waals surface area contributed by atoms with Crippen LogP contribution in [0.4, 0.5) is 10.1 Å². The Morgan fingerprint density at radius 3 is 2.75 bits per heavy atom. The Bertz CT molecular complexity index is 346. The number of hydrogen-bond donors (Lipinski definition) is 2. The predicted molar refractivity (Wildman–Crippen MR) is 62.9 cm³/mol. The number of rotatable bonds is 5. The highest BCUT2D eigenvalue weighted by atomic mass is 19.1. The van der Waals surface area contributed by atoms with Gasteiger partial charge in [-0.2, -0.15) is 0 Å². The van der Waals surface area contributed by atoms with Crippen LogP contribution in [0.5, 0.6) is 0 Å². The van der Waals surface area contributed by atoms with Crippen molar-refractivity contribution in [3.05, 3.63) is 29.6 Å². The number of aryl methyl sites for hydroxylation is 1. The van der Waals surface area contributed by atoms with Crippen molar-refractivity contribution in [3.8, 4) is 0 Å². The minimum Gasteiger partial charge on any atom is -0.384 e. The number of anilines is 1. The Kier molecular flexibility index (Phi) is 4.76. The third-order valence-corrected chi connectivity index (χ3v) is 2.10. The summed E-state index contributed by atoms with van der Waals surface area (Å²) >= 11 is 0. The first kappa shape index (κ1) is 12.5. The van der Waals surface area contributed by atoms with E-state index in [-0.39, 0.29) is 11.7 Å². The molecule has 0 atom stereocenters. The highest BCUT2D eigenvalue weighted by Gasteiger charge is 2.00. The Hall–Kier alpha value is -1.58. The van der Waals surface area contributed by atoms with E-state index in [0.717, 1.165) is 5.56 Å². The van der Waals surface area contributed by atoms with Crippen molar-refractivity contribution >= 4 is 11.6 Å². The van der Waals surface area contributed by atoms with E-state index in [1.807, 2.05) is 19.9 Å². The van der Waals surface area contributed by atoms with Crippen LogP contribution in [-0.2, 0) is 4.79 Å². The number of carbonyl (C=O) groups is 1. The lowest BCUT2D eigenvalue weighted by molar-refractivity contribution is -0.120. The SMILES string of the molecule is CCNC(=O)CCNc1cc(C)cc(F)c1. The fourth-order valence-electron chi connectivity index (χ4n) is 1.44. The molecule has 4 heteroatoms. The molecule has 1 aromatic rings. The van der Waals surface area contributed by atoms with E-state index >= 15 is 0 Å². The highest BCUT2D eigenvalue weighted by molar-refractivity contribution is 5.76. The molecule has 88 valence electrons. The number of carbonyl (C=O) groups excluding carboxylic acids is 1. The van der Waals surface area contributed by atoms with Gasteiger partial charge >= 0.3 is 0 Å². The van der Waals surface area contributed by atoms with Crippen molar-refractivity contribution in [2.75, 3.05) is 18.4 Å². The van der Waals surface area contributed by atoms with Crippen molar-refractivity contribution in [2.24, 2.45) is 0 Å². The van der Waals surface area contributed by atoms with Gasteiger partial charge in [0.2, 0.25) is 5.91 Å². The minimum atomic E-state index is -0.263. The van der Waals surface area contributed by atoms with E-state index in [9.17, 15) is 9.18 Å². The van der Waals surface area contributed by atoms with E-state index in [1.165, 1.54) is 12.1 Å². The maximum absolute atomic E-state index is 13.0. The molecule has 3 nitrogen and oxygen atoms in total. The van der Waals surface area contributed by atoms with Gasteiger partial charge in [0.25, 0.3) is 0 Å². The van der Waals surface area contributed by atoms with Crippen LogP contribution in [0.15, 0.2) is 18.2 Å². The molecule has 0 unspecified atom stereocenters. The molecule has 0 aliphatic rings. The first-order chi connectivity index (χ1) is 7.61. The lowest BCUT2D eigenvalue weighted by Gasteiger charge is -2.07. The van der Waals surface area contributed by atoms with Crippen LogP contribution in [0, 0.1) is 12.7 Å². The van der Waals surface area contributed by atoms with Crippen molar-refractivity contribution in [2.45, 2.75) is 20.3 Å². The van der Waals surface area contributed by atoms with Crippen LogP contribution in [-0.4, -0.2) is 19.0 Å². The summed E-state index contributed by atoms with van der Waals surface area (Å²) in [6, 6.07) is 4.74. The van der Waals surface area contributed by atoms with Crippen LogP contribution in [0.1, 0.15) is 18.9 Å². The van der Waals surface area contributed by atoms with Gasteiger partial charge in [-0.05, 0) is 37.6 Å². The molecule has 0 fully saturated rings. The molecule has 1 amide bonds. The van der Waals surface area contributed by atoms with Gasteiger partial charge in [-0.15, -0.1) is 0 Å². The summed E-state index contributed by atoms with van der Waals surface area (Å²) in [6.07, 6.45) is 0.392. The Morgan fingerprint density at radius 2 is 2.12 bits per heavy atom. The van der Waals surface area contributed by atoms with E-state index in [1.54, 1.807) is 0 Å². The fourth-order valence-corrected chi connectivity index (χ4v) is 1.44. The van der Waals surface area contributed by atoms with Crippen molar-refractivity contribution in [1.29, 1.82) is 0 Å². The Labute approximate surface area is 95.0 Å².